The second kappa shape index (κ2) is 9.51. The van der Waals surface area contributed by atoms with Gasteiger partial charge in [0, 0.05) is 25.5 Å². The monoisotopic (exact) mass is 457 g/mol. The first-order valence-electron chi connectivity index (χ1n) is 11.1. The number of rotatable bonds is 5. The summed E-state index contributed by atoms with van der Waals surface area (Å²) in [6.07, 6.45) is 3.63. The number of likely N-dealkylation sites (tertiary alicyclic amines) is 1. The summed E-state index contributed by atoms with van der Waals surface area (Å²) in [5.41, 5.74) is 1.58. The topological polar surface area (TPSA) is 87.7 Å². The Labute approximate surface area is 190 Å². The zero-order chi connectivity index (χ0) is 22.7. The maximum Gasteiger partial charge on any atom is 0.227 e. The minimum absolute atomic E-state index is 0.0533. The average molecular weight is 458 g/mol. The molecule has 4 rings (SSSR count). The number of aromatic nitrogens is 2. The van der Waals surface area contributed by atoms with Crippen molar-refractivity contribution in [3.8, 4) is 17.6 Å². The summed E-state index contributed by atoms with van der Waals surface area (Å²) >= 11 is 0. The van der Waals surface area contributed by atoms with Gasteiger partial charge in [-0.1, -0.05) is 11.8 Å². The lowest BCUT2D eigenvalue weighted by atomic mass is 10.1. The van der Waals surface area contributed by atoms with E-state index in [0.717, 1.165) is 36.1 Å². The molecule has 2 aliphatic heterocycles. The van der Waals surface area contributed by atoms with Gasteiger partial charge in [-0.05, 0) is 50.9 Å². The summed E-state index contributed by atoms with van der Waals surface area (Å²) in [6.45, 7) is 2.98. The zero-order valence-corrected chi connectivity index (χ0v) is 19.8. The van der Waals surface area contributed by atoms with Crippen molar-refractivity contribution in [2.24, 2.45) is 0 Å². The Morgan fingerprint density at radius 2 is 1.91 bits per heavy atom. The Bertz CT molecular complexity index is 1130. The van der Waals surface area contributed by atoms with Crippen molar-refractivity contribution in [2.75, 3.05) is 62.6 Å². The molecule has 0 unspecified atom stereocenters. The van der Waals surface area contributed by atoms with Crippen LogP contribution in [0.4, 0.5) is 11.8 Å². The van der Waals surface area contributed by atoms with E-state index < -0.39 is 9.84 Å². The fourth-order valence-electron chi connectivity index (χ4n) is 4.14. The predicted molar refractivity (Wildman–Crippen MR) is 128 cm³/mol. The van der Waals surface area contributed by atoms with Crippen molar-refractivity contribution >= 4 is 32.5 Å². The lowest BCUT2D eigenvalue weighted by molar-refractivity contribution is 0.383. The normalized spacial score (nSPS) is 18.8. The number of benzene rings is 1. The SMILES string of the molecule is COc1cc2c(NC3CCS(=O)(=O)CC3)nc(N(C)C)nc2cc1C#CCN1CCCC1. The standard InChI is InChI=1S/C23H31N5O3S/c1-27(2)23-25-20-15-17(7-6-12-28-10-4-5-11-28)21(31-3)16-19(20)22(26-23)24-18-8-13-32(29,30)14-9-18/h15-16,18H,4-5,8-14H2,1-3H3,(H,24,25,26). The number of anilines is 2. The third-order valence-corrected chi connectivity index (χ3v) is 7.74. The lowest BCUT2D eigenvalue weighted by Crippen LogP contribution is -2.32. The minimum Gasteiger partial charge on any atom is -0.495 e. The molecule has 2 fully saturated rings. The summed E-state index contributed by atoms with van der Waals surface area (Å²) in [7, 11) is 2.52. The highest BCUT2D eigenvalue weighted by atomic mass is 32.2. The molecule has 0 saturated carbocycles. The highest BCUT2D eigenvalue weighted by Crippen LogP contribution is 2.31. The van der Waals surface area contributed by atoms with Gasteiger partial charge in [0.1, 0.15) is 21.4 Å². The number of ether oxygens (including phenoxy) is 1. The van der Waals surface area contributed by atoms with Crippen LogP contribution < -0.4 is 15.0 Å². The molecule has 2 aromatic rings. The van der Waals surface area contributed by atoms with E-state index in [-0.39, 0.29) is 17.5 Å². The van der Waals surface area contributed by atoms with E-state index in [9.17, 15) is 8.42 Å². The molecule has 0 atom stereocenters. The molecule has 1 aromatic heterocycles. The van der Waals surface area contributed by atoms with Crippen molar-refractivity contribution in [3.63, 3.8) is 0 Å². The van der Waals surface area contributed by atoms with Crippen LogP contribution in [0, 0.1) is 11.8 Å². The van der Waals surface area contributed by atoms with E-state index in [4.69, 9.17) is 14.7 Å². The van der Waals surface area contributed by atoms with Gasteiger partial charge in [-0.3, -0.25) is 4.90 Å². The van der Waals surface area contributed by atoms with Crippen LogP contribution in [-0.4, -0.2) is 81.7 Å². The highest BCUT2D eigenvalue weighted by molar-refractivity contribution is 7.91. The van der Waals surface area contributed by atoms with E-state index in [1.807, 2.05) is 31.1 Å². The molecule has 0 spiro atoms. The number of nitrogens with one attached hydrogen (secondary N) is 1. The Morgan fingerprint density at radius 3 is 2.56 bits per heavy atom. The van der Waals surface area contributed by atoms with E-state index in [1.165, 1.54) is 12.8 Å². The third-order valence-electron chi connectivity index (χ3n) is 6.03. The Morgan fingerprint density at radius 1 is 1.19 bits per heavy atom. The van der Waals surface area contributed by atoms with Crippen molar-refractivity contribution in [3.05, 3.63) is 17.7 Å². The summed E-state index contributed by atoms with van der Waals surface area (Å²) in [5.74, 6) is 8.91. The molecule has 172 valence electrons. The Hall–Kier alpha value is -2.57. The first-order valence-corrected chi connectivity index (χ1v) is 12.9. The molecule has 1 N–H and O–H groups in total. The Kier molecular flexibility index (Phi) is 6.72. The first kappa shape index (κ1) is 22.6. The molecular weight excluding hydrogens is 426 g/mol. The largest absolute Gasteiger partial charge is 0.495 e. The number of methoxy groups -OCH3 is 1. The number of fused-ring (bicyclic) bond motifs is 1. The molecule has 2 aliphatic rings. The predicted octanol–water partition coefficient (Wildman–Crippen LogP) is 2.14. The van der Waals surface area contributed by atoms with Crippen molar-refractivity contribution in [1.29, 1.82) is 0 Å². The van der Waals surface area contributed by atoms with Crippen molar-refractivity contribution in [1.82, 2.24) is 14.9 Å². The molecule has 8 nitrogen and oxygen atoms in total. The number of sulfone groups is 1. The van der Waals surface area contributed by atoms with E-state index in [1.54, 1.807) is 7.11 Å². The van der Waals surface area contributed by atoms with Gasteiger partial charge in [0.25, 0.3) is 0 Å². The molecule has 3 heterocycles. The highest BCUT2D eigenvalue weighted by Gasteiger charge is 2.25. The van der Waals surface area contributed by atoms with Gasteiger partial charge in [0.15, 0.2) is 0 Å². The van der Waals surface area contributed by atoms with Gasteiger partial charge in [-0.25, -0.2) is 13.4 Å². The summed E-state index contributed by atoms with van der Waals surface area (Å²) < 4.78 is 29.2. The maximum absolute atomic E-state index is 11.8. The number of hydrogen-bond acceptors (Lipinski definition) is 8. The van der Waals surface area contributed by atoms with Crippen molar-refractivity contribution < 1.29 is 13.2 Å². The summed E-state index contributed by atoms with van der Waals surface area (Å²) in [6, 6.07) is 3.94. The van der Waals surface area contributed by atoms with Gasteiger partial charge in [0.05, 0.1) is 36.2 Å². The molecule has 0 aliphatic carbocycles. The smallest absolute Gasteiger partial charge is 0.227 e. The van der Waals surface area contributed by atoms with Crippen molar-refractivity contribution in [2.45, 2.75) is 31.7 Å². The molecule has 0 amide bonds. The molecule has 32 heavy (non-hydrogen) atoms. The van der Waals surface area contributed by atoms with Gasteiger partial charge in [-0.2, -0.15) is 4.98 Å². The molecule has 9 heteroatoms. The van der Waals surface area contributed by atoms with Gasteiger partial charge < -0.3 is 15.0 Å². The van der Waals surface area contributed by atoms with Gasteiger partial charge in [-0.15, -0.1) is 0 Å². The van der Waals surface area contributed by atoms with E-state index in [2.05, 4.69) is 22.1 Å². The average Bonchev–Trinajstić information content (AvgIpc) is 3.28. The fourth-order valence-corrected chi connectivity index (χ4v) is 5.63. The number of nitrogens with zero attached hydrogens (tertiary/aromatic N) is 4. The molecule has 2 saturated heterocycles. The van der Waals surface area contributed by atoms with Crippen LogP contribution in [0.3, 0.4) is 0 Å². The van der Waals surface area contributed by atoms with Crippen LogP contribution in [0.5, 0.6) is 5.75 Å². The Balaban J connectivity index is 1.67. The van der Waals surface area contributed by atoms with Crippen LogP contribution in [0.15, 0.2) is 12.1 Å². The minimum atomic E-state index is -2.92. The van der Waals surface area contributed by atoms with E-state index >= 15 is 0 Å². The first-order chi connectivity index (χ1) is 15.3. The molecule has 0 radical (unpaired) electrons. The van der Waals surface area contributed by atoms with Crippen LogP contribution in [-0.2, 0) is 9.84 Å². The van der Waals surface area contributed by atoms with E-state index in [0.29, 0.717) is 30.4 Å². The quantitative estimate of drug-likeness (QED) is 0.684. The molecular formula is C23H31N5O3S. The second-order valence-electron chi connectivity index (χ2n) is 8.69. The number of hydrogen-bond donors (Lipinski definition) is 1. The summed E-state index contributed by atoms with van der Waals surface area (Å²) in [5, 5.41) is 4.31. The third kappa shape index (κ3) is 5.25. The van der Waals surface area contributed by atoms with Gasteiger partial charge in [0.2, 0.25) is 5.95 Å². The van der Waals surface area contributed by atoms with Crippen LogP contribution >= 0.6 is 0 Å². The van der Waals surface area contributed by atoms with Crippen LogP contribution in [0.2, 0.25) is 0 Å². The van der Waals surface area contributed by atoms with Crippen LogP contribution in [0.1, 0.15) is 31.2 Å². The molecule has 0 bridgehead atoms. The van der Waals surface area contributed by atoms with Crippen LogP contribution in [0.25, 0.3) is 10.9 Å². The molecule has 1 aromatic carbocycles. The second-order valence-corrected chi connectivity index (χ2v) is 11.0. The fraction of sp³-hybridized carbons (Fsp3) is 0.565. The maximum atomic E-state index is 11.8. The lowest BCUT2D eigenvalue weighted by Gasteiger charge is -2.25. The zero-order valence-electron chi connectivity index (χ0n) is 19.0. The van der Waals surface area contributed by atoms with Gasteiger partial charge >= 0.3 is 0 Å². The summed E-state index contributed by atoms with van der Waals surface area (Å²) in [4.78, 5) is 13.6.